The van der Waals surface area contributed by atoms with E-state index in [-0.39, 0.29) is 25.7 Å². The Hall–Kier alpha value is -3.52. The lowest BCUT2D eigenvalue weighted by Crippen LogP contribution is -2.22. The quantitative estimate of drug-likeness (QED) is 0.378. The van der Waals surface area contributed by atoms with Gasteiger partial charge in [-0.1, -0.05) is 25.1 Å². The zero-order valence-corrected chi connectivity index (χ0v) is 19.4. The minimum absolute atomic E-state index is 0.0893. The van der Waals surface area contributed by atoms with Gasteiger partial charge in [-0.05, 0) is 55.8 Å². The number of anilines is 1. The molecule has 0 saturated carbocycles. The van der Waals surface area contributed by atoms with Gasteiger partial charge >= 0.3 is 12.1 Å². The Morgan fingerprint density at radius 3 is 2.27 bits per heavy atom. The molecule has 2 atom stereocenters. The second-order valence-corrected chi connectivity index (χ2v) is 7.25. The van der Waals surface area contributed by atoms with Gasteiger partial charge in [-0.15, -0.1) is 0 Å². The standard InChI is InChI=1S/C25H31NO7/c1-5-31-24(28)18(3)16-17(2)23(19-6-10-22(11-7-19)32-15-14-27)33-25(29)26-20-8-12-21(30-4)13-9-20/h6-13,16-17,23,27H,5,14-15H2,1-4H3,(H,26,29)/b18-16+/t17-,23+/m1/s1. The van der Waals surface area contributed by atoms with Crippen molar-refractivity contribution in [3.63, 3.8) is 0 Å². The molecule has 2 rings (SSSR count). The molecule has 0 unspecified atom stereocenters. The third-order valence-electron chi connectivity index (χ3n) is 4.73. The van der Waals surface area contributed by atoms with Crippen LogP contribution in [0, 0.1) is 5.92 Å². The van der Waals surface area contributed by atoms with Crippen molar-refractivity contribution in [2.45, 2.75) is 26.9 Å². The Bertz CT molecular complexity index is 923. The Morgan fingerprint density at radius 2 is 1.70 bits per heavy atom. The summed E-state index contributed by atoms with van der Waals surface area (Å²) in [5.74, 6) is 0.502. The highest BCUT2D eigenvalue weighted by Crippen LogP contribution is 2.30. The predicted molar refractivity (Wildman–Crippen MR) is 124 cm³/mol. The third-order valence-corrected chi connectivity index (χ3v) is 4.73. The number of aliphatic hydroxyl groups excluding tert-OH is 1. The number of benzene rings is 2. The maximum Gasteiger partial charge on any atom is 0.412 e. The van der Waals surface area contributed by atoms with Crippen molar-refractivity contribution >= 4 is 17.7 Å². The summed E-state index contributed by atoms with van der Waals surface area (Å²) in [6, 6.07) is 13.9. The van der Waals surface area contributed by atoms with E-state index in [0.29, 0.717) is 22.8 Å². The first-order valence-corrected chi connectivity index (χ1v) is 10.7. The van der Waals surface area contributed by atoms with E-state index in [4.69, 9.17) is 24.1 Å². The molecular weight excluding hydrogens is 426 g/mol. The van der Waals surface area contributed by atoms with E-state index in [1.807, 2.05) is 6.92 Å². The molecule has 0 aliphatic carbocycles. The molecule has 0 spiro atoms. The summed E-state index contributed by atoms with van der Waals surface area (Å²) in [6.45, 7) is 5.62. The van der Waals surface area contributed by atoms with Gasteiger partial charge in [-0.25, -0.2) is 9.59 Å². The largest absolute Gasteiger partial charge is 0.497 e. The molecule has 0 heterocycles. The number of esters is 1. The Labute approximate surface area is 194 Å². The lowest BCUT2D eigenvalue weighted by atomic mass is 9.95. The average Bonchev–Trinajstić information content (AvgIpc) is 2.82. The first-order chi connectivity index (χ1) is 15.9. The van der Waals surface area contributed by atoms with E-state index in [0.717, 1.165) is 5.56 Å². The number of aliphatic hydroxyl groups is 1. The molecule has 0 radical (unpaired) electrons. The Balaban J connectivity index is 2.22. The van der Waals surface area contributed by atoms with Gasteiger partial charge in [-0.2, -0.15) is 0 Å². The van der Waals surface area contributed by atoms with Crippen molar-refractivity contribution < 1.29 is 33.6 Å². The fourth-order valence-corrected chi connectivity index (χ4v) is 3.13. The smallest absolute Gasteiger partial charge is 0.412 e. The lowest BCUT2D eigenvalue weighted by molar-refractivity contribution is -0.138. The molecule has 0 aliphatic heterocycles. The van der Waals surface area contributed by atoms with Crippen molar-refractivity contribution in [3.8, 4) is 11.5 Å². The molecule has 0 saturated heterocycles. The number of rotatable bonds is 11. The zero-order chi connectivity index (χ0) is 24.2. The molecular formula is C25H31NO7. The van der Waals surface area contributed by atoms with E-state index in [1.54, 1.807) is 75.6 Å². The van der Waals surface area contributed by atoms with Gasteiger partial charge in [0.1, 0.15) is 24.2 Å². The van der Waals surface area contributed by atoms with Crippen LogP contribution < -0.4 is 14.8 Å². The van der Waals surface area contributed by atoms with Gasteiger partial charge in [-0.3, -0.25) is 5.32 Å². The average molecular weight is 458 g/mol. The lowest BCUT2D eigenvalue weighted by Gasteiger charge is -2.23. The van der Waals surface area contributed by atoms with Crippen LogP contribution in [0.2, 0.25) is 0 Å². The molecule has 0 aliphatic rings. The summed E-state index contributed by atoms with van der Waals surface area (Å²) in [5.41, 5.74) is 1.70. The van der Waals surface area contributed by atoms with E-state index in [2.05, 4.69) is 5.32 Å². The summed E-state index contributed by atoms with van der Waals surface area (Å²) in [6.07, 6.45) is 0.402. The number of amides is 1. The molecule has 0 aromatic heterocycles. The van der Waals surface area contributed by atoms with E-state index in [9.17, 15) is 9.59 Å². The minimum atomic E-state index is -0.681. The second kappa shape index (κ2) is 13.1. The van der Waals surface area contributed by atoms with Gasteiger partial charge in [0.2, 0.25) is 0 Å². The van der Waals surface area contributed by atoms with Crippen LogP contribution in [0.3, 0.4) is 0 Å². The van der Waals surface area contributed by atoms with E-state index < -0.39 is 18.2 Å². The maximum absolute atomic E-state index is 12.7. The Morgan fingerprint density at radius 1 is 1.06 bits per heavy atom. The molecule has 0 fully saturated rings. The van der Waals surface area contributed by atoms with Crippen LogP contribution in [0.15, 0.2) is 60.2 Å². The van der Waals surface area contributed by atoms with Crippen molar-refractivity contribution in [3.05, 3.63) is 65.7 Å². The highest BCUT2D eigenvalue weighted by atomic mass is 16.6. The first-order valence-electron chi connectivity index (χ1n) is 10.7. The molecule has 33 heavy (non-hydrogen) atoms. The predicted octanol–water partition coefficient (Wildman–Crippen LogP) is 4.50. The summed E-state index contributed by atoms with van der Waals surface area (Å²) in [5, 5.41) is 11.6. The van der Waals surface area contributed by atoms with Gasteiger partial charge in [0.15, 0.2) is 0 Å². The van der Waals surface area contributed by atoms with Gasteiger partial charge in [0.05, 0.1) is 20.3 Å². The normalized spacial score (nSPS) is 12.9. The molecule has 178 valence electrons. The molecule has 0 bridgehead atoms. The summed E-state index contributed by atoms with van der Waals surface area (Å²) < 4.78 is 21.3. The number of methoxy groups -OCH3 is 1. The van der Waals surface area contributed by atoms with Crippen LogP contribution >= 0.6 is 0 Å². The van der Waals surface area contributed by atoms with Gasteiger partial charge in [0, 0.05) is 17.2 Å². The van der Waals surface area contributed by atoms with Crippen molar-refractivity contribution in [1.82, 2.24) is 0 Å². The number of carbonyl (C=O) groups excluding carboxylic acids is 2. The van der Waals surface area contributed by atoms with E-state index >= 15 is 0 Å². The summed E-state index contributed by atoms with van der Waals surface area (Å²) in [4.78, 5) is 24.7. The fourth-order valence-electron chi connectivity index (χ4n) is 3.13. The number of carbonyl (C=O) groups is 2. The fraction of sp³-hybridized carbons (Fsp3) is 0.360. The molecule has 2 aromatic carbocycles. The summed E-state index contributed by atoms with van der Waals surface area (Å²) in [7, 11) is 1.56. The molecule has 2 aromatic rings. The van der Waals surface area contributed by atoms with Crippen LogP contribution in [0.1, 0.15) is 32.4 Å². The van der Waals surface area contributed by atoms with Crippen LogP contribution in [0.25, 0.3) is 0 Å². The number of nitrogens with one attached hydrogen (secondary N) is 1. The molecule has 8 heteroatoms. The zero-order valence-electron chi connectivity index (χ0n) is 19.4. The number of hydrogen-bond acceptors (Lipinski definition) is 7. The van der Waals surface area contributed by atoms with Gasteiger partial charge in [0.25, 0.3) is 0 Å². The molecule has 1 amide bonds. The van der Waals surface area contributed by atoms with Crippen molar-refractivity contribution in [2.75, 3.05) is 32.2 Å². The van der Waals surface area contributed by atoms with Gasteiger partial charge < -0.3 is 24.1 Å². The van der Waals surface area contributed by atoms with Crippen molar-refractivity contribution in [2.24, 2.45) is 5.92 Å². The number of hydrogen-bond donors (Lipinski definition) is 2. The number of ether oxygens (including phenoxy) is 4. The van der Waals surface area contributed by atoms with Crippen LogP contribution in [-0.2, 0) is 14.3 Å². The Kier molecular flexibility index (Phi) is 10.2. The van der Waals surface area contributed by atoms with Crippen LogP contribution in [0.4, 0.5) is 10.5 Å². The minimum Gasteiger partial charge on any atom is -0.497 e. The SMILES string of the molecule is CCOC(=O)/C(C)=C/[C@@H](C)[C@H](OC(=O)Nc1ccc(OC)cc1)c1ccc(OCCO)cc1. The maximum atomic E-state index is 12.7. The highest BCUT2D eigenvalue weighted by molar-refractivity contribution is 5.88. The highest BCUT2D eigenvalue weighted by Gasteiger charge is 2.24. The monoisotopic (exact) mass is 457 g/mol. The van der Waals surface area contributed by atoms with Crippen LogP contribution in [-0.4, -0.2) is 44.1 Å². The van der Waals surface area contributed by atoms with Crippen LogP contribution in [0.5, 0.6) is 11.5 Å². The first kappa shape index (κ1) is 25.7. The summed E-state index contributed by atoms with van der Waals surface area (Å²) >= 11 is 0. The molecule has 8 nitrogen and oxygen atoms in total. The third kappa shape index (κ3) is 8.16. The topological polar surface area (TPSA) is 103 Å². The molecule has 2 N–H and O–H groups in total. The second-order valence-electron chi connectivity index (χ2n) is 7.25. The van der Waals surface area contributed by atoms with Crippen molar-refractivity contribution in [1.29, 1.82) is 0 Å². The van der Waals surface area contributed by atoms with E-state index in [1.165, 1.54) is 0 Å².